The molecule has 6 amide bonds. The zero-order valence-electron chi connectivity index (χ0n) is 71.0. The van der Waals surface area contributed by atoms with Crippen LogP contribution in [0, 0.1) is 24.8 Å². The molecule has 140 heavy (non-hydrogen) atoms. The lowest BCUT2D eigenvalue weighted by molar-refractivity contribution is -0.825. The fourth-order valence-corrected chi connectivity index (χ4v) is 15.6. The molecule has 30 atom stereocenters. The molecule has 12 heterocycles. The summed E-state index contributed by atoms with van der Waals surface area (Å²) in [4.78, 5) is 143. The first kappa shape index (κ1) is 115. The molecule has 30 N–H and O–H groups in total. The van der Waals surface area contributed by atoms with E-state index in [4.69, 9.17) is 99.8 Å². The Morgan fingerprint density at radius 3 is 1.11 bits per heavy atom. The number of halogens is 4. The molecule has 0 spiro atoms. The summed E-state index contributed by atoms with van der Waals surface area (Å²) in [6, 6.07) is 9.87. The summed E-state index contributed by atoms with van der Waals surface area (Å²) in [5.41, 5.74) is 30.0. The molecule has 0 bridgehead atoms. The number of hydrogen-bond donors (Lipinski definition) is 24. The zero-order chi connectivity index (χ0) is 105. The van der Waals surface area contributed by atoms with Crippen molar-refractivity contribution in [3.8, 4) is 24.8 Å². The molecule has 65 nitrogen and oxygen atoms in total. The lowest BCUT2D eigenvalue weighted by Gasteiger charge is -2.17. The van der Waals surface area contributed by atoms with E-state index in [0.717, 1.165) is 83.1 Å². The summed E-state index contributed by atoms with van der Waals surface area (Å²) in [7, 11) is -25.9. The maximum atomic E-state index is 12.3. The lowest BCUT2D eigenvalue weighted by Crippen LogP contribution is -2.52. The SMILES string of the molecule is C#Cc1c(C(N)=O)ncn1[C@@H]1O[C@H](COP(=O)(O)CF)[C@H](O)C1O.C#Cn1c(C(N)=O)nc[n+]1[C@@H]1O[C@H](COP(C)(=O)O)[C@H](O)C1O.C=CP(=O)(O)OC[C@H]1O[C@@H](n2cnc(C(N)=O)n2)C(O)[C@H]1O.NC(=O)c1ncn([C@@H]2O[C@H](COP(=O)(O)C(F)F)[C@H](O)C2O)n1.NC(=O)c1ncn([C@@H]2O[C@H](COP(=O)(O)CF)[C@H](O)C2O)n1.NC(=O)c1ncn([C@@H]2O[C@H](COP(=O)(O)c3ccccc3)[C@H](O)C2O)n1. The van der Waals surface area contributed by atoms with Gasteiger partial charge in [-0.3, -0.25) is 60.7 Å². The summed E-state index contributed by atoms with van der Waals surface area (Å²) >= 11 is 0. The van der Waals surface area contributed by atoms with E-state index in [0.29, 0.717) is 0 Å². The summed E-state index contributed by atoms with van der Waals surface area (Å²) < 4.78 is 183. The van der Waals surface area contributed by atoms with Crippen molar-refractivity contribution in [3.63, 3.8) is 0 Å². The largest absolute Gasteiger partial charge is 0.394 e. The number of imidazole rings is 1. The van der Waals surface area contributed by atoms with Gasteiger partial charge in [0, 0.05) is 12.5 Å². The minimum atomic E-state index is -5.17. The van der Waals surface area contributed by atoms with Crippen molar-refractivity contribution in [3.05, 3.63) is 121 Å². The molecule has 75 heteroatoms. The van der Waals surface area contributed by atoms with Crippen LogP contribution in [0.2, 0.25) is 0 Å². The van der Waals surface area contributed by atoms with Gasteiger partial charge in [0.25, 0.3) is 35.8 Å². The molecule has 0 saturated carbocycles. The molecule has 6 aliphatic rings. The van der Waals surface area contributed by atoms with Gasteiger partial charge in [0.15, 0.2) is 55.8 Å². The second-order valence-corrected chi connectivity index (χ2v) is 39.8. The molecular formula is C65H90F4N23O42P6+. The van der Waals surface area contributed by atoms with E-state index in [1.54, 1.807) is 18.2 Å². The van der Waals surface area contributed by atoms with Crippen molar-refractivity contribution in [2.24, 2.45) is 34.4 Å². The Kier molecular flexibility index (Phi) is 40.0. The van der Waals surface area contributed by atoms with Gasteiger partial charge in [-0.25, -0.2) is 52.4 Å². The summed E-state index contributed by atoms with van der Waals surface area (Å²) in [5.74, 6) is -3.92. The second kappa shape index (κ2) is 48.7. The second-order valence-electron chi connectivity index (χ2n) is 29.1. The number of terminal acetylenes is 2. The number of carbonyl (C=O) groups excluding carboxylic acids is 6. The highest BCUT2D eigenvalue weighted by Crippen LogP contribution is 2.51. The van der Waals surface area contributed by atoms with E-state index in [2.05, 4.69) is 91.5 Å². The molecular weight excluding hydrogens is 2040 g/mol. The van der Waals surface area contributed by atoms with Crippen molar-refractivity contribution in [2.45, 2.75) is 153 Å². The Bertz CT molecular complexity index is 5870. The van der Waals surface area contributed by atoms with Crippen LogP contribution in [0.25, 0.3) is 0 Å². The summed E-state index contributed by atoms with van der Waals surface area (Å²) in [6.45, 7) is 0.650. The maximum Gasteiger partial charge on any atom is 0.394 e. The van der Waals surface area contributed by atoms with Gasteiger partial charge in [-0.2, -0.15) is 8.78 Å². The van der Waals surface area contributed by atoms with Crippen LogP contribution in [-0.4, -0.2) is 380 Å². The maximum absolute atomic E-state index is 12.3. The molecule has 6 aliphatic heterocycles. The number of nitrogens with two attached hydrogens (primary N) is 6. The molecule has 13 rings (SSSR count). The van der Waals surface area contributed by atoms with Crippen molar-refractivity contribution < 1.29 is 225 Å². The number of hydrogen-bond acceptors (Lipinski definition) is 46. The highest BCUT2D eigenvalue weighted by molar-refractivity contribution is 7.61. The van der Waals surface area contributed by atoms with Crippen LogP contribution in [0.5, 0.6) is 0 Å². The van der Waals surface area contributed by atoms with E-state index < -0.39 is 287 Å². The van der Waals surface area contributed by atoms with Crippen LogP contribution in [-0.2, 0) is 83.0 Å². The Morgan fingerprint density at radius 2 is 0.793 bits per heavy atom. The molecule has 6 fully saturated rings. The van der Waals surface area contributed by atoms with E-state index in [1.165, 1.54) is 12.1 Å². The zero-order valence-corrected chi connectivity index (χ0v) is 76.4. The van der Waals surface area contributed by atoms with Gasteiger partial charge in [0.05, 0.1) is 57.3 Å². The van der Waals surface area contributed by atoms with E-state index >= 15 is 0 Å². The van der Waals surface area contributed by atoms with Gasteiger partial charge in [0.1, 0.15) is 135 Å². The standard InChI is InChI=1S/C14H17N4O7P.C12H15FN3O7P.C11H15N4O7P.C10H15N4O7P.C9H13F2N4O7P.C9H14FN4O7P/c15-12(21)13-16-7-18(17-13)14-11(20)10(19)9(25-14)6-24-26(22,23)8-4-2-1-3-5-8;1-2-6-8(11(14)19)15-5-16(6)12-10(18)9(17)7(23-12)3-22-24(20,21)4-13;1-3-14-10(9(12)18)13-5-15(14)11-8(17)7(16)6(22-11)4-21-23(2,19)20;1-2-22(18,19)20-3-5-6(15)7(16)10(21-5)14-4-12-9(13-14)8(11)17;10-9(11)23(19,20)21-1-3-4(16)5(17)8(22-3)15-2-13-7(14-15)6(12)18;10-2-22(18,19)20-1-4-5(15)6(16)9(21-4)14-3-12-8(13-14)7(11)17/h1-5,7,9-11,14,19-20H,6H2,(H2,15,21)(H,22,23);1,5,7,9-10,12,17-18H,3-4H2,(H2,14,19)(H,20,21);1,5-8,11,16-17H,4H2,2H3,(H2-,12,18,19,20);2,4-7,10,15-16H,1,3H2,(H2,11,17)(H,18,19);2-5,8-9,16-17H,1H2,(H2,12,18)(H,19,20);3-6,9,15-16H,1-2H2,(H2,11,17)(H,18,19)/p+1/t9-,10+,11?,14-;7-,9+,10?,12-;6-,7+,8?,11-;5-,6+,7?,10-;3-,4+,5?,8-;4-,5+,6?,9-/m111111/s1. The van der Waals surface area contributed by atoms with Crippen LogP contribution in [0.4, 0.5) is 17.6 Å². The third-order valence-electron chi connectivity index (χ3n) is 19.2. The smallest absolute Gasteiger partial charge is 0.387 e. The number of benzene rings is 1. The molecule has 12 unspecified atom stereocenters. The Hall–Kier alpha value is -10.3. The van der Waals surface area contributed by atoms with Crippen molar-refractivity contribution in [2.75, 3.05) is 59.1 Å². The number of carbonyl (C=O) groups is 6. The first-order chi connectivity index (χ1) is 65.3. The molecule has 774 valence electrons. The molecule has 7 aromatic rings. The number of amides is 6. The lowest BCUT2D eigenvalue weighted by atomic mass is 10.1. The predicted octanol–water partition coefficient (Wildman–Crippen LogP) is -10.7. The van der Waals surface area contributed by atoms with Crippen molar-refractivity contribution in [1.29, 1.82) is 0 Å². The molecule has 1 aromatic carbocycles. The monoisotopic (exact) mass is 2130 g/mol. The van der Waals surface area contributed by atoms with Crippen LogP contribution in [0.15, 0.2) is 80.7 Å². The molecule has 6 aromatic heterocycles. The van der Waals surface area contributed by atoms with Crippen LogP contribution >= 0.6 is 45.6 Å². The van der Waals surface area contributed by atoms with Gasteiger partial charge in [-0.1, -0.05) is 35.9 Å². The highest BCUT2D eigenvalue weighted by atomic mass is 31.2. The molecule has 0 radical (unpaired) electrons. The van der Waals surface area contributed by atoms with Crippen molar-refractivity contribution >= 4 is 86.3 Å². The number of aromatic nitrogens is 17. The van der Waals surface area contributed by atoms with Gasteiger partial charge >= 0.3 is 69.8 Å². The first-order valence-corrected chi connectivity index (χ1v) is 49.1. The van der Waals surface area contributed by atoms with Gasteiger partial charge in [0.2, 0.25) is 23.3 Å². The minimum Gasteiger partial charge on any atom is -0.387 e. The topological polar surface area (TPSA) is 998 Å². The highest BCUT2D eigenvalue weighted by Gasteiger charge is 2.53. The van der Waals surface area contributed by atoms with E-state index in [-0.39, 0.29) is 45.8 Å². The van der Waals surface area contributed by atoms with E-state index in [1.807, 2.05) is 0 Å². The fraction of sp³-hybridized carbons (Fsp3) is 0.523. The number of aliphatic hydroxyl groups excluding tert-OH is 12. The number of alkyl halides is 4. The predicted molar refractivity (Wildman–Crippen MR) is 438 cm³/mol. The minimum absolute atomic E-state index is 0.0723. The van der Waals surface area contributed by atoms with Crippen LogP contribution in [0.3, 0.4) is 0 Å². The summed E-state index contributed by atoms with van der Waals surface area (Å²) in [5, 5.41) is 134. The number of primary amides is 6. The van der Waals surface area contributed by atoms with Gasteiger partial charge in [-0.05, 0) is 23.0 Å². The van der Waals surface area contributed by atoms with Crippen molar-refractivity contribution in [1.82, 2.24) is 78.3 Å². The number of nitrogens with zero attached hydrogens (tertiary/aromatic N) is 17. The number of ether oxygens (including phenoxy) is 6. The third kappa shape index (κ3) is 29.3. The van der Waals surface area contributed by atoms with E-state index in [9.17, 15) is 145 Å². The average Bonchev–Trinajstić information content (AvgIpc) is 1.63. The third-order valence-corrected chi connectivity index (χ3v) is 25.0. The normalized spacial score (nSPS) is 29.8. The first-order valence-electron chi connectivity index (χ1n) is 38.7. The summed E-state index contributed by atoms with van der Waals surface area (Å²) in [6.07, 6.45) is -21.7. The number of aliphatic hydroxyl groups is 12. The average molecular weight is 2130 g/mol. The van der Waals surface area contributed by atoms with Gasteiger partial charge < -0.3 is 181 Å². The molecule has 0 aliphatic carbocycles. The van der Waals surface area contributed by atoms with Crippen LogP contribution < -0.4 is 44.4 Å². The fourth-order valence-electron chi connectivity index (χ4n) is 12.2. The Morgan fingerprint density at radius 1 is 0.457 bits per heavy atom. The number of rotatable bonds is 35. The Balaban J connectivity index is 0.000000206. The Labute approximate surface area is 779 Å². The quantitative estimate of drug-likeness (QED) is 0.00759. The van der Waals surface area contributed by atoms with Crippen LogP contribution in [0.1, 0.15) is 107 Å². The molecule has 6 saturated heterocycles. The van der Waals surface area contributed by atoms with Gasteiger partial charge in [-0.15, -0.1) is 31.5 Å².